The van der Waals surface area contributed by atoms with Crippen molar-refractivity contribution in [2.24, 2.45) is 16.8 Å². The van der Waals surface area contributed by atoms with E-state index >= 15 is 0 Å². The van der Waals surface area contributed by atoms with E-state index in [2.05, 4.69) is 29.0 Å². The molecule has 2 aliphatic carbocycles. The molecule has 0 aromatic heterocycles. The molecule has 2 saturated carbocycles. The fraction of sp³-hybridized carbons (Fsp3) is 0.850. The molecule has 1 aliphatic heterocycles. The van der Waals surface area contributed by atoms with Crippen LogP contribution in [0.1, 0.15) is 58.3 Å². The van der Waals surface area contributed by atoms with Crippen molar-refractivity contribution < 1.29 is 0 Å². The summed E-state index contributed by atoms with van der Waals surface area (Å²) in [7, 11) is 0. The van der Waals surface area contributed by atoms with Crippen molar-refractivity contribution >= 4 is 5.96 Å². The smallest absolute Gasteiger partial charge is 0.191 e. The molecule has 0 bridgehead atoms. The molecule has 1 heterocycles. The van der Waals surface area contributed by atoms with Crippen LogP contribution in [-0.2, 0) is 0 Å². The summed E-state index contributed by atoms with van der Waals surface area (Å²) >= 11 is 0. The molecule has 3 aliphatic rings. The van der Waals surface area contributed by atoms with Crippen molar-refractivity contribution in [3.63, 3.8) is 0 Å². The molecule has 3 fully saturated rings. The third kappa shape index (κ3) is 4.98. The molecule has 1 saturated heterocycles. The molecule has 0 spiro atoms. The van der Waals surface area contributed by atoms with Gasteiger partial charge < -0.3 is 10.6 Å². The molecular weight excluding hydrogens is 296 g/mol. The number of nitrogens with zero attached hydrogens (tertiary/aromatic N) is 2. The van der Waals surface area contributed by atoms with Crippen molar-refractivity contribution in [1.29, 1.82) is 0 Å². The molecule has 0 aromatic carbocycles. The van der Waals surface area contributed by atoms with Crippen LogP contribution in [0.3, 0.4) is 0 Å². The highest BCUT2D eigenvalue weighted by Crippen LogP contribution is 2.44. The van der Waals surface area contributed by atoms with Gasteiger partial charge in [-0.2, -0.15) is 0 Å². The normalized spacial score (nSPS) is 30.1. The molecule has 2 atom stereocenters. The maximum Gasteiger partial charge on any atom is 0.191 e. The van der Waals surface area contributed by atoms with E-state index in [9.17, 15) is 0 Å². The van der Waals surface area contributed by atoms with E-state index < -0.39 is 0 Å². The average molecular weight is 333 g/mol. The average Bonchev–Trinajstić information content (AvgIpc) is 3.37. The first kappa shape index (κ1) is 17.8. The van der Waals surface area contributed by atoms with Gasteiger partial charge in [-0.15, -0.1) is 6.58 Å². The lowest BCUT2D eigenvalue weighted by molar-refractivity contribution is 0.225. The van der Waals surface area contributed by atoms with Crippen LogP contribution in [0.15, 0.2) is 17.6 Å². The van der Waals surface area contributed by atoms with E-state index in [1.54, 1.807) is 0 Å². The van der Waals surface area contributed by atoms with Gasteiger partial charge in [-0.05, 0) is 38.0 Å². The molecule has 3 rings (SSSR count). The van der Waals surface area contributed by atoms with Gasteiger partial charge in [0.1, 0.15) is 0 Å². The Morgan fingerprint density at radius 1 is 1.12 bits per heavy atom. The molecule has 4 heteroatoms. The lowest BCUT2D eigenvalue weighted by Gasteiger charge is -2.32. The van der Waals surface area contributed by atoms with Gasteiger partial charge in [-0.1, -0.05) is 38.2 Å². The third-order valence-electron chi connectivity index (χ3n) is 6.05. The summed E-state index contributed by atoms with van der Waals surface area (Å²) in [6.07, 6.45) is 13.0. The number of guanidine groups is 1. The summed E-state index contributed by atoms with van der Waals surface area (Å²) in [6.45, 7) is 10.2. The summed E-state index contributed by atoms with van der Waals surface area (Å²) in [6, 6.07) is 1.24. The number of aliphatic imine (C=N–C) groups is 1. The molecule has 2 unspecified atom stereocenters. The van der Waals surface area contributed by atoms with Crippen LogP contribution >= 0.6 is 0 Å². The van der Waals surface area contributed by atoms with Crippen LogP contribution in [0.2, 0.25) is 0 Å². The highest BCUT2D eigenvalue weighted by molar-refractivity contribution is 5.80. The number of piperidine rings is 1. The first-order valence-corrected chi connectivity index (χ1v) is 10.2. The Kier molecular flexibility index (Phi) is 6.59. The minimum atomic E-state index is 0.566. The Bertz CT molecular complexity index is 419. The summed E-state index contributed by atoms with van der Waals surface area (Å²) in [4.78, 5) is 7.18. The van der Waals surface area contributed by atoms with E-state index in [1.807, 2.05) is 6.08 Å². The van der Waals surface area contributed by atoms with Crippen molar-refractivity contribution in [3.8, 4) is 0 Å². The lowest BCUT2D eigenvalue weighted by atomic mass is 9.85. The zero-order valence-electron chi connectivity index (χ0n) is 15.5. The second kappa shape index (κ2) is 8.89. The summed E-state index contributed by atoms with van der Waals surface area (Å²) in [5.41, 5.74) is 0. The SMILES string of the molecule is C=CCN1CCC(NC(=NCC)NC2CC2C2CCCCC2)CC1. The maximum atomic E-state index is 4.70. The lowest BCUT2D eigenvalue weighted by Crippen LogP contribution is -2.49. The predicted molar refractivity (Wildman–Crippen MR) is 102 cm³/mol. The van der Waals surface area contributed by atoms with Crippen LogP contribution in [-0.4, -0.2) is 49.1 Å². The number of rotatable bonds is 6. The Morgan fingerprint density at radius 3 is 2.54 bits per heavy atom. The van der Waals surface area contributed by atoms with Crippen LogP contribution in [0, 0.1) is 11.8 Å². The van der Waals surface area contributed by atoms with Crippen molar-refractivity contribution in [2.45, 2.75) is 70.4 Å². The van der Waals surface area contributed by atoms with Gasteiger partial charge in [0.15, 0.2) is 5.96 Å². The van der Waals surface area contributed by atoms with Gasteiger partial charge in [-0.3, -0.25) is 9.89 Å². The highest BCUT2D eigenvalue weighted by Gasteiger charge is 2.43. The zero-order valence-corrected chi connectivity index (χ0v) is 15.5. The Balaban J connectivity index is 1.43. The van der Waals surface area contributed by atoms with E-state index in [0.717, 1.165) is 44.0 Å². The van der Waals surface area contributed by atoms with E-state index in [0.29, 0.717) is 12.1 Å². The summed E-state index contributed by atoms with van der Waals surface area (Å²) in [5, 5.41) is 7.43. The molecule has 0 amide bonds. The fourth-order valence-corrected chi connectivity index (χ4v) is 4.57. The predicted octanol–water partition coefficient (Wildman–Crippen LogP) is 3.16. The first-order chi connectivity index (χ1) is 11.8. The standard InChI is InChI=1S/C20H36N4/c1-3-12-24-13-10-17(11-14-24)22-20(21-4-2)23-19-15-18(19)16-8-6-5-7-9-16/h3,16-19H,1,4-15H2,2H3,(H2,21,22,23). The molecule has 2 N–H and O–H groups in total. The van der Waals surface area contributed by atoms with Gasteiger partial charge in [0.2, 0.25) is 0 Å². The Labute approximate surface area is 148 Å². The second-order valence-corrected chi connectivity index (χ2v) is 7.88. The van der Waals surface area contributed by atoms with Crippen molar-refractivity contribution in [1.82, 2.24) is 15.5 Å². The fourth-order valence-electron chi connectivity index (χ4n) is 4.57. The first-order valence-electron chi connectivity index (χ1n) is 10.2. The third-order valence-corrected chi connectivity index (χ3v) is 6.05. The van der Waals surface area contributed by atoms with Gasteiger partial charge in [0.05, 0.1) is 0 Å². The largest absolute Gasteiger partial charge is 0.354 e. The van der Waals surface area contributed by atoms with Crippen LogP contribution in [0.5, 0.6) is 0 Å². The van der Waals surface area contributed by atoms with E-state index in [4.69, 9.17) is 4.99 Å². The molecule has 136 valence electrons. The van der Waals surface area contributed by atoms with Gasteiger partial charge in [0.25, 0.3) is 0 Å². The second-order valence-electron chi connectivity index (χ2n) is 7.88. The van der Waals surface area contributed by atoms with Crippen molar-refractivity contribution in [3.05, 3.63) is 12.7 Å². The molecule has 24 heavy (non-hydrogen) atoms. The van der Waals surface area contributed by atoms with E-state index in [-0.39, 0.29) is 0 Å². The summed E-state index contributed by atoms with van der Waals surface area (Å²) < 4.78 is 0. The van der Waals surface area contributed by atoms with Crippen molar-refractivity contribution in [2.75, 3.05) is 26.2 Å². The van der Waals surface area contributed by atoms with Gasteiger partial charge >= 0.3 is 0 Å². The van der Waals surface area contributed by atoms with E-state index in [1.165, 1.54) is 51.4 Å². The zero-order chi connectivity index (χ0) is 16.8. The number of hydrogen-bond donors (Lipinski definition) is 2. The molecular formula is C20H36N4. The number of nitrogens with one attached hydrogen (secondary N) is 2. The Hall–Kier alpha value is -1.03. The maximum absolute atomic E-state index is 4.70. The minimum absolute atomic E-state index is 0.566. The number of hydrogen-bond acceptors (Lipinski definition) is 2. The van der Waals surface area contributed by atoms with Crippen LogP contribution < -0.4 is 10.6 Å². The van der Waals surface area contributed by atoms with Gasteiger partial charge in [0, 0.05) is 38.3 Å². The molecule has 0 aromatic rings. The Morgan fingerprint density at radius 2 is 1.88 bits per heavy atom. The monoisotopic (exact) mass is 332 g/mol. The summed E-state index contributed by atoms with van der Waals surface area (Å²) in [5.74, 6) is 2.94. The molecule has 4 nitrogen and oxygen atoms in total. The quantitative estimate of drug-likeness (QED) is 0.446. The van der Waals surface area contributed by atoms with Crippen LogP contribution in [0.4, 0.5) is 0 Å². The highest BCUT2D eigenvalue weighted by atomic mass is 15.2. The topological polar surface area (TPSA) is 39.7 Å². The number of likely N-dealkylation sites (tertiary alicyclic amines) is 1. The molecule has 0 radical (unpaired) electrons. The van der Waals surface area contributed by atoms with Crippen LogP contribution in [0.25, 0.3) is 0 Å². The van der Waals surface area contributed by atoms with Gasteiger partial charge in [-0.25, -0.2) is 0 Å². The minimum Gasteiger partial charge on any atom is -0.354 e.